The molecule has 0 unspecified atom stereocenters. The Kier molecular flexibility index (Phi) is 4.45. The predicted octanol–water partition coefficient (Wildman–Crippen LogP) is 2.38. The molecule has 0 aromatic heterocycles. The van der Waals surface area contributed by atoms with Gasteiger partial charge in [0.05, 0.1) is 6.16 Å². The number of allylic oxidation sites excluding steroid dienone is 1. The molecular formula is C5H10BrO3P. The maximum atomic E-state index is 11.2. The minimum Gasteiger partial charge on any atom is -0.312 e. The molecule has 0 amide bonds. The van der Waals surface area contributed by atoms with Crippen molar-refractivity contribution >= 4 is 23.5 Å². The normalized spacial score (nSPS) is 11.5. The third-order valence-corrected chi connectivity index (χ3v) is 3.52. The van der Waals surface area contributed by atoms with Crippen LogP contribution >= 0.6 is 23.5 Å². The van der Waals surface area contributed by atoms with Crippen LogP contribution in [-0.2, 0) is 13.6 Å². The molecule has 0 radical (unpaired) electrons. The average Bonchev–Trinajstić information content (AvgIpc) is 1.87. The molecule has 10 heavy (non-hydrogen) atoms. The minimum absolute atomic E-state index is 0.208. The summed E-state index contributed by atoms with van der Waals surface area (Å²) in [5, 5.41) is 0. The lowest BCUT2D eigenvalue weighted by atomic mass is 10.8. The third kappa shape index (κ3) is 3.52. The molecular weight excluding hydrogens is 219 g/mol. The molecule has 5 heteroatoms. The van der Waals surface area contributed by atoms with Crippen molar-refractivity contribution in [3.63, 3.8) is 0 Å². The topological polar surface area (TPSA) is 35.5 Å². The standard InChI is InChI=1S/C5H10BrO3P/c1-5(6)4-10(7,8-2)9-3/h1,4H2,2-3H3. The molecule has 0 aromatic carbocycles. The lowest BCUT2D eigenvalue weighted by Gasteiger charge is -2.11. The van der Waals surface area contributed by atoms with E-state index in [1.807, 2.05) is 0 Å². The van der Waals surface area contributed by atoms with Crippen LogP contribution in [0.4, 0.5) is 0 Å². The van der Waals surface area contributed by atoms with Crippen LogP contribution in [0.1, 0.15) is 0 Å². The molecule has 0 saturated heterocycles. The van der Waals surface area contributed by atoms with Crippen molar-refractivity contribution in [3.05, 3.63) is 11.1 Å². The highest BCUT2D eigenvalue weighted by molar-refractivity contribution is 9.11. The van der Waals surface area contributed by atoms with Gasteiger partial charge in [-0.05, 0) is 4.48 Å². The van der Waals surface area contributed by atoms with Crippen LogP contribution in [0.15, 0.2) is 11.1 Å². The Bertz CT molecular complexity index is 160. The molecule has 0 fully saturated rings. The zero-order valence-electron chi connectivity index (χ0n) is 5.96. The molecule has 0 spiro atoms. The quantitative estimate of drug-likeness (QED) is 0.694. The van der Waals surface area contributed by atoms with E-state index in [-0.39, 0.29) is 6.16 Å². The smallest absolute Gasteiger partial charge is 0.312 e. The molecule has 60 valence electrons. The zero-order chi connectivity index (χ0) is 8.20. The molecule has 0 heterocycles. The average molecular weight is 229 g/mol. The van der Waals surface area contributed by atoms with Gasteiger partial charge in [-0.2, -0.15) is 0 Å². The van der Waals surface area contributed by atoms with E-state index in [1.165, 1.54) is 14.2 Å². The summed E-state index contributed by atoms with van der Waals surface area (Å²) in [6, 6.07) is 0. The second-order valence-corrected chi connectivity index (χ2v) is 5.04. The van der Waals surface area contributed by atoms with E-state index in [9.17, 15) is 4.57 Å². The van der Waals surface area contributed by atoms with Crippen molar-refractivity contribution in [2.45, 2.75) is 0 Å². The monoisotopic (exact) mass is 228 g/mol. The summed E-state index contributed by atoms with van der Waals surface area (Å²) in [5.41, 5.74) is 0. The number of rotatable bonds is 4. The van der Waals surface area contributed by atoms with Crippen LogP contribution in [0.2, 0.25) is 0 Å². The van der Waals surface area contributed by atoms with Gasteiger partial charge in [-0.1, -0.05) is 22.5 Å². The van der Waals surface area contributed by atoms with Gasteiger partial charge in [0.15, 0.2) is 0 Å². The van der Waals surface area contributed by atoms with E-state index in [2.05, 4.69) is 31.6 Å². The highest BCUT2D eigenvalue weighted by atomic mass is 79.9. The fraction of sp³-hybridized carbons (Fsp3) is 0.600. The highest BCUT2D eigenvalue weighted by Gasteiger charge is 2.20. The van der Waals surface area contributed by atoms with Gasteiger partial charge < -0.3 is 9.05 Å². The molecule has 0 aliphatic rings. The summed E-state index contributed by atoms with van der Waals surface area (Å²) in [6.07, 6.45) is 0.208. The van der Waals surface area contributed by atoms with E-state index in [1.54, 1.807) is 0 Å². The molecule has 0 aliphatic heterocycles. The van der Waals surface area contributed by atoms with Gasteiger partial charge in [-0.25, -0.2) is 0 Å². The van der Waals surface area contributed by atoms with Gasteiger partial charge in [0.1, 0.15) is 0 Å². The van der Waals surface area contributed by atoms with Crippen molar-refractivity contribution < 1.29 is 13.6 Å². The Morgan fingerprint density at radius 3 is 2.10 bits per heavy atom. The molecule has 0 N–H and O–H groups in total. The molecule has 0 rings (SSSR count). The summed E-state index contributed by atoms with van der Waals surface area (Å²) < 4.78 is 21.1. The van der Waals surface area contributed by atoms with Gasteiger partial charge in [0, 0.05) is 14.2 Å². The van der Waals surface area contributed by atoms with Crippen molar-refractivity contribution in [2.75, 3.05) is 20.4 Å². The Balaban J connectivity index is 4.07. The van der Waals surface area contributed by atoms with Crippen molar-refractivity contribution in [1.82, 2.24) is 0 Å². The van der Waals surface area contributed by atoms with Crippen LogP contribution in [0.5, 0.6) is 0 Å². The van der Waals surface area contributed by atoms with Crippen molar-refractivity contribution in [1.29, 1.82) is 0 Å². The first-order valence-corrected chi connectivity index (χ1v) is 5.10. The SMILES string of the molecule is C=C(Br)CP(=O)(OC)OC. The zero-order valence-corrected chi connectivity index (χ0v) is 8.44. The summed E-state index contributed by atoms with van der Waals surface area (Å²) in [5.74, 6) is 0. The largest absolute Gasteiger partial charge is 0.335 e. The molecule has 0 aromatic rings. The number of hydrogen-bond acceptors (Lipinski definition) is 3. The maximum absolute atomic E-state index is 11.2. The lowest BCUT2D eigenvalue weighted by molar-refractivity contribution is 0.278. The van der Waals surface area contributed by atoms with Crippen LogP contribution < -0.4 is 0 Å². The number of halogens is 1. The van der Waals surface area contributed by atoms with E-state index in [0.717, 1.165) is 0 Å². The number of hydrogen-bond donors (Lipinski definition) is 0. The summed E-state index contributed by atoms with van der Waals surface area (Å²) in [7, 11) is -0.189. The van der Waals surface area contributed by atoms with E-state index in [4.69, 9.17) is 0 Å². The fourth-order valence-corrected chi connectivity index (χ4v) is 2.16. The highest BCUT2D eigenvalue weighted by Crippen LogP contribution is 2.48. The van der Waals surface area contributed by atoms with Gasteiger partial charge in [0.25, 0.3) is 0 Å². The fourth-order valence-electron chi connectivity index (χ4n) is 0.414. The van der Waals surface area contributed by atoms with Gasteiger partial charge in [-0.3, -0.25) is 4.57 Å². The van der Waals surface area contributed by atoms with E-state index in [0.29, 0.717) is 4.48 Å². The molecule has 0 aliphatic carbocycles. The summed E-state index contributed by atoms with van der Waals surface area (Å²) in [6.45, 7) is 3.52. The second-order valence-electron chi connectivity index (χ2n) is 1.65. The Morgan fingerprint density at radius 2 is 2.00 bits per heavy atom. The van der Waals surface area contributed by atoms with Crippen molar-refractivity contribution in [3.8, 4) is 0 Å². The molecule has 0 atom stereocenters. The van der Waals surface area contributed by atoms with Crippen LogP contribution in [-0.4, -0.2) is 20.4 Å². The summed E-state index contributed by atoms with van der Waals surface area (Å²) in [4.78, 5) is 0. The Labute approximate surface area is 69.1 Å². The van der Waals surface area contributed by atoms with Gasteiger partial charge in [0.2, 0.25) is 0 Å². The minimum atomic E-state index is -2.88. The second kappa shape index (κ2) is 4.29. The lowest BCUT2D eigenvalue weighted by Crippen LogP contribution is -1.93. The molecule has 3 nitrogen and oxygen atoms in total. The third-order valence-electron chi connectivity index (χ3n) is 0.922. The van der Waals surface area contributed by atoms with E-state index < -0.39 is 7.60 Å². The molecule has 0 bridgehead atoms. The van der Waals surface area contributed by atoms with Gasteiger partial charge >= 0.3 is 7.60 Å². The van der Waals surface area contributed by atoms with Crippen LogP contribution in [0.25, 0.3) is 0 Å². The first-order valence-electron chi connectivity index (χ1n) is 2.58. The van der Waals surface area contributed by atoms with E-state index >= 15 is 0 Å². The predicted molar refractivity (Wildman–Crippen MR) is 44.6 cm³/mol. The maximum Gasteiger partial charge on any atom is 0.335 e. The first kappa shape index (κ1) is 10.4. The van der Waals surface area contributed by atoms with Crippen LogP contribution in [0.3, 0.4) is 0 Å². The van der Waals surface area contributed by atoms with Crippen LogP contribution in [0, 0.1) is 0 Å². The Morgan fingerprint density at radius 1 is 1.60 bits per heavy atom. The van der Waals surface area contributed by atoms with Gasteiger partial charge in [-0.15, -0.1) is 0 Å². The summed E-state index contributed by atoms with van der Waals surface area (Å²) >= 11 is 3.07. The molecule has 0 saturated carbocycles. The first-order chi connectivity index (χ1) is 4.54. The van der Waals surface area contributed by atoms with Crippen molar-refractivity contribution in [2.24, 2.45) is 0 Å². The Hall–Kier alpha value is 0.370.